The van der Waals surface area contributed by atoms with Crippen molar-refractivity contribution in [2.45, 2.75) is 18.6 Å². The zero-order valence-electron chi connectivity index (χ0n) is 11.2. The lowest BCUT2D eigenvalue weighted by molar-refractivity contribution is -0.141. The predicted octanol–water partition coefficient (Wildman–Crippen LogP) is -0.0348. The Bertz CT molecular complexity index is 460. The molecule has 6 nitrogen and oxygen atoms in total. The number of piperazine rings is 1. The van der Waals surface area contributed by atoms with Crippen LogP contribution in [0.5, 0.6) is 0 Å². The number of aliphatic hydroxyl groups excluding tert-OH is 2. The second-order valence-corrected chi connectivity index (χ2v) is 4.94. The average Bonchev–Trinajstić information content (AvgIpc) is 2.47. The van der Waals surface area contributed by atoms with E-state index in [-0.39, 0.29) is 0 Å². The molecule has 0 radical (unpaired) electrons. The molecule has 1 aromatic rings. The fourth-order valence-corrected chi connectivity index (χ4v) is 2.34. The van der Waals surface area contributed by atoms with E-state index in [1.54, 1.807) is 12.1 Å². The van der Waals surface area contributed by atoms with Gasteiger partial charge < -0.3 is 25.5 Å². The van der Waals surface area contributed by atoms with Gasteiger partial charge in [0, 0.05) is 31.9 Å². The normalized spacial score (nSPS) is 18.6. The maximum Gasteiger partial charge on any atom is 0.306 e. The Morgan fingerprint density at radius 1 is 1.30 bits per heavy atom. The zero-order chi connectivity index (χ0) is 14.5. The Morgan fingerprint density at radius 2 is 2.00 bits per heavy atom. The average molecular weight is 280 g/mol. The summed E-state index contributed by atoms with van der Waals surface area (Å²) in [6.07, 6.45) is -2.96. The first-order valence-electron chi connectivity index (χ1n) is 6.71. The van der Waals surface area contributed by atoms with Crippen molar-refractivity contribution in [2.75, 3.05) is 31.1 Å². The van der Waals surface area contributed by atoms with Gasteiger partial charge in [-0.2, -0.15) is 0 Å². The second kappa shape index (κ2) is 6.69. The Labute approximate surface area is 117 Å². The third-order valence-corrected chi connectivity index (χ3v) is 3.44. The van der Waals surface area contributed by atoms with Crippen LogP contribution in [0.3, 0.4) is 0 Å². The van der Waals surface area contributed by atoms with Crippen LogP contribution in [0.15, 0.2) is 24.3 Å². The Hall–Kier alpha value is -1.63. The van der Waals surface area contributed by atoms with Crippen molar-refractivity contribution in [1.82, 2.24) is 5.32 Å². The van der Waals surface area contributed by atoms with E-state index in [9.17, 15) is 15.0 Å². The molecule has 110 valence electrons. The number of aliphatic carboxylic acids is 1. The highest BCUT2D eigenvalue weighted by Crippen LogP contribution is 2.24. The van der Waals surface area contributed by atoms with E-state index in [4.69, 9.17) is 5.11 Å². The molecule has 1 heterocycles. The van der Waals surface area contributed by atoms with Crippen molar-refractivity contribution < 1.29 is 20.1 Å². The fourth-order valence-electron chi connectivity index (χ4n) is 2.34. The molecule has 0 aliphatic carbocycles. The molecule has 1 saturated heterocycles. The number of anilines is 1. The molecule has 1 aliphatic rings. The van der Waals surface area contributed by atoms with Crippen LogP contribution in [0.25, 0.3) is 0 Å². The van der Waals surface area contributed by atoms with Gasteiger partial charge in [-0.3, -0.25) is 4.79 Å². The van der Waals surface area contributed by atoms with Gasteiger partial charge in [0.05, 0.1) is 12.5 Å². The maximum atomic E-state index is 10.6. The Morgan fingerprint density at radius 3 is 2.65 bits per heavy atom. The molecule has 20 heavy (non-hydrogen) atoms. The molecule has 2 unspecified atom stereocenters. The molecule has 4 N–H and O–H groups in total. The smallest absolute Gasteiger partial charge is 0.306 e. The molecular weight excluding hydrogens is 260 g/mol. The molecule has 0 bridgehead atoms. The van der Waals surface area contributed by atoms with Crippen LogP contribution in [0.4, 0.5) is 5.69 Å². The van der Waals surface area contributed by atoms with Crippen LogP contribution in [0.1, 0.15) is 18.1 Å². The molecule has 1 aliphatic heterocycles. The summed E-state index contributed by atoms with van der Waals surface area (Å²) in [5.74, 6) is -1.13. The maximum absolute atomic E-state index is 10.6. The van der Waals surface area contributed by atoms with Gasteiger partial charge in [-0.15, -0.1) is 0 Å². The minimum absolute atomic E-state index is 0.473. The quantitative estimate of drug-likeness (QED) is 0.605. The van der Waals surface area contributed by atoms with Crippen LogP contribution in [0, 0.1) is 0 Å². The van der Waals surface area contributed by atoms with E-state index < -0.39 is 24.6 Å². The van der Waals surface area contributed by atoms with Crippen molar-refractivity contribution >= 4 is 11.7 Å². The SMILES string of the molecule is O=C(O)CC(O)C(O)c1cccc(N2CCNCC2)c1. The van der Waals surface area contributed by atoms with Gasteiger partial charge in [0.2, 0.25) is 0 Å². The van der Waals surface area contributed by atoms with E-state index >= 15 is 0 Å². The van der Waals surface area contributed by atoms with Gasteiger partial charge in [0.15, 0.2) is 0 Å². The summed E-state index contributed by atoms with van der Waals surface area (Å²) < 4.78 is 0. The van der Waals surface area contributed by atoms with Crippen LogP contribution >= 0.6 is 0 Å². The molecule has 0 amide bonds. The van der Waals surface area contributed by atoms with E-state index in [1.807, 2.05) is 12.1 Å². The molecule has 2 atom stereocenters. The number of hydrogen-bond donors (Lipinski definition) is 4. The van der Waals surface area contributed by atoms with Crippen molar-refractivity contribution in [3.05, 3.63) is 29.8 Å². The van der Waals surface area contributed by atoms with Crippen molar-refractivity contribution in [1.29, 1.82) is 0 Å². The van der Waals surface area contributed by atoms with Gasteiger partial charge in [-0.1, -0.05) is 12.1 Å². The number of hydrogen-bond acceptors (Lipinski definition) is 5. The molecule has 0 spiro atoms. The summed E-state index contributed by atoms with van der Waals surface area (Å²) in [5, 5.41) is 31.6. The summed E-state index contributed by atoms with van der Waals surface area (Å²) in [4.78, 5) is 12.8. The monoisotopic (exact) mass is 280 g/mol. The fraction of sp³-hybridized carbons (Fsp3) is 0.500. The van der Waals surface area contributed by atoms with Gasteiger partial charge in [-0.05, 0) is 17.7 Å². The summed E-state index contributed by atoms with van der Waals surface area (Å²) in [6, 6.07) is 7.26. The minimum atomic E-state index is -1.30. The van der Waals surface area contributed by atoms with Crippen LogP contribution in [-0.2, 0) is 4.79 Å². The highest BCUT2D eigenvalue weighted by atomic mass is 16.4. The number of nitrogens with zero attached hydrogens (tertiary/aromatic N) is 1. The highest BCUT2D eigenvalue weighted by molar-refractivity contribution is 5.67. The van der Waals surface area contributed by atoms with Gasteiger partial charge in [0.1, 0.15) is 6.10 Å². The van der Waals surface area contributed by atoms with Crippen LogP contribution in [-0.4, -0.2) is 53.6 Å². The van der Waals surface area contributed by atoms with Crippen LogP contribution < -0.4 is 10.2 Å². The first kappa shape index (κ1) is 14.8. The molecule has 0 saturated carbocycles. The predicted molar refractivity (Wildman–Crippen MR) is 74.7 cm³/mol. The van der Waals surface area contributed by atoms with Gasteiger partial charge in [0.25, 0.3) is 0 Å². The zero-order valence-corrected chi connectivity index (χ0v) is 11.2. The molecule has 0 aromatic heterocycles. The largest absolute Gasteiger partial charge is 0.481 e. The molecular formula is C14H20N2O4. The lowest BCUT2D eigenvalue weighted by Crippen LogP contribution is -2.43. The molecule has 6 heteroatoms. The number of nitrogens with one attached hydrogen (secondary N) is 1. The first-order chi connectivity index (χ1) is 9.58. The van der Waals surface area contributed by atoms with Crippen LogP contribution in [0.2, 0.25) is 0 Å². The lowest BCUT2D eigenvalue weighted by atomic mass is 10.0. The topological polar surface area (TPSA) is 93.0 Å². The number of carbonyl (C=O) groups is 1. The van der Waals surface area contributed by atoms with Crippen molar-refractivity contribution in [3.63, 3.8) is 0 Å². The Kier molecular flexibility index (Phi) is 4.94. The third kappa shape index (κ3) is 3.69. The van der Waals surface area contributed by atoms with E-state index in [0.717, 1.165) is 31.9 Å². The molecule has 2 rings (SSSR count). The third-order valence-electron chi connectivity index (χ3n) is 3.44. The van der Waals surface area contributed by atoms with Gasteiger partial charge >= 0.3 is 5.97 Å². The molecule has 1 aromatic carbocycles. The lowest BCUT2D eigenvalue weighted by Gasteiger charge is -2.30. The second-order valence-electron chi connectivity index (χ2n) is 4.94. The van der Waals surface area contributed by atoms with Crippen molar-refractivity contribution in [2.24, 2.45) is 0 Å². The van der Waals surface area contributed by atoms with E-state index in [1.165, 1.54) is 0 Å². The molecule has 1 fully saturated rings. The number of aliphatic hydroxyl groups is 2. The number of rotatable bonds is 5. The summed E-state index contributed by atoms with van der Waals surface area (Å²) in [7, 11) is 0. The number of carboxylic acids is 1. The summed E-state index contributed by atoms with van der Waals surface area (Å²) in [5.41, 5.74) is 1.51. The standard InChI is InChI=1S/C14H20N2O4/c17-12(9-13(18)19)14(20)10-2-1-3-11(8-10)16-6-4-15-5-7-16/h1-3,8,12,14-15,17,20H,4-7,9H2,(H,18,19). The van der Waals surface area contributed by atoms with Gasteiger partial charge in [-0.25, -0.2) is 0 Å². The van der Waals surface area contributed by atoms with Crippen molar-refractivity contribution in [3.8, 4) is 0 Å². The summed E-state index contributed by atoms with van der Waals surface area (Å²) >= 11 is 0. The van der Waals surface area contributed by atoms with E-state index in [0.29, 0.717) is 5.56 Å². The van der Waals surface area contributed by atoms with E-state index in [2.05, 4.69) is 10.2 Å². The first-order valence-corrected chi connectivity index (χ1v) is 6.71. The Balaban J connectivity index is 2.10. The number of benzene rings is 1. The number of carboxylic acid groups (broad SMARTS) is 1. The summed E-state index contributed by atoms with van der Waals surface area (Å²) in [6.45, 7) is 3.59. The highest BCUT2D eigenvalue weighted by Gasteiger charge is 2.22. The minimum Gasteiger partial charge on any atom is -0.481 e.